The second-order valence-corrected chi connectivity index (χ2v) is 4.57. The van der Waals surface area contributed by atoms with Gasteiger partial charge in [0.15, 0.2) is 0 Å². The van der Waals surface area contributed by atoms with E-state index in [9.17, 15) is 4.39 Å². The van der Waals surface area contributed by atoms with Crippen molar-refractivity contribution in [2.45, 2.75) is 44.9 Å². The van der Waals surface area contributed by atoms with E-state index in [-0.39, 0.29) is 5.82 Å². The zero-order valence-corrected chi connectivity index (χ0v) is 9.22. The van der Waals surface area contributed by atoms with E-state index in [4.69, 9.17) is 5.73 Å². The third-order valence-corrected chi connectivity index (χ3v) is 3.43. The SMILES string of the molecule is Cc1cc(C2CCCCC2)c(F)cc1N. The third-order valence-electron chi connectivity index (χ3n) is 3.43. The van der Waals surface area contributed by atoms with Crippen LogP contribution in [0, 0.1) is 12.7 Å². The molecule has 15 heavy (non-hydrogen) atoms. The summed E-state index contributed by atoms with van der Waals surface area (Å²) in [4.78, 5) is 0. The normalized spacial score (nSPS) is 18.0. The van der Waals surface area contributed by atoms with Crippen LogP contribution < -0.4 is 5.73 Å². The van der Waals surface area contributed by atoms with Gasteiger partial charge < -0.3 is 5.73 Å². The Kier molecular flexibility index (Phi) is 2.94. The minimum Gasteiger partial charge on any atom is -0.398 e. The van der Waals surface area contributed by atoms with Crippen LogP contribution in [-0.4, -0.2) is 0 Å². The van der Waals surface area contributed by atoms with Crippen molar-refractivity contribution in [1.82, 2.24) is 0 Å². The van der Waals surface area contributed by atoms with Gasteiger partial charge in [-0.1, -0.05) is 25.3 Å². The molecule has 0 unspecified atom stereocenters. The van der Waals surface area contributed by atoms with Crippen molar-refractivity contribution < 1.29 is 4.39 Å². The molecule has 0 heterocycles. The molecule has 1 aliphatic rings. The van der Waals surface area contributed by atoms with Crippen LogP contribution in [0.4, 0.5) is 10.1 Å². The molecule has 2 heteroatoms. The Bertz CT molecular complexity index is 354. The number of aryl methyl sites for hydroxylation is 1. The van der Waals surface area contributed by atoms with E-state index in [1.165, 1.54) is 25.3 Å². The van der Waals surface area contributed by atoms with Gasteiger partial charge in [0.1, 0.15) is 5.82 Å². The fourth-order valence-electron chi connectivity index (χ4n) is 2.45. The molecule has 0 amide bonds. The maximum Gasteiger partial charge on any atom is 0.128 e. The first-order chi connectivity index (χ1) is 7.18. The van der Waals surface area contributed by atoms with Crippen molar-refractivity contribution in [3.63, 3.8) is 0 Å². The molecule has 2 N–H and O–H groups in total. The molecule has 82 valence electrons. The minimum atomic E-state index is -0.120. The van der Waals surface area contributed by atoms with Gasteiger partial charge in [-0.2, -0.15) is 0 Å². The lowest BCUT2D eigenvalue weighted by Gasteiger charge is -2.23. The molecule has 0 radical (unpaired) electrons. The van der Waals surface area contributed by atoms with E-state index < -0.39 is 0 Å². The van der Waals surface area contributed by atoms with Crippen LogP contribution in [0.2, 0.25) is 0 Å². The average Bonchev–Trinajstić information content (AvgIpc) is 2.25. The topological polar surface area (TPSA) is 26.0 Å². The van der Waals surface area contributed by atoms with E-state index in [2.05, 4.69) is 0 Å². The molecular weight excluding hydrogens is 189 g/mol. The van der Waals surface area contributed by atoms with Crippen molar-refractivity contribution >= 4 is 5.69 Å². The number of halogens is 1. The summed E-state index contributed by atoms with van der Waals surface area (Å²) in [6.07, 6.45) is 6.01. The molecule has 1 fully saturated rings. The van der Waals surface area contributed by atoms with Crippen molar-refractivity contribution in [1.29, 1.82) is 0 Å². The summed E-state index contributed by atoms with van der Waals surface area (Å²) in [5.74, 6) is 0.294. The highest BCUT2D eigenvalue weighted by atomic mass is 19.1. The molecule has 1 saturated carbocycles. The zero-order valence-electron chi connectivity index (χ0n) is 9.22. The van der Waals surface area contributed by atoms with E-state index in [0.717, 1.165) is 24.0 Å². The largest absolute Gasteiger partial charge is 0.398 e. The zero-order chi connectivity index (χ0) is 10.8. The maximum absolute atomic E-state index is 13.7. The van der Waals surface area contributed by atoms with Crippen LogP contribution in [0.25, 0.3) is 0 Å². The molecule has 1 aliphatic carbocycles. The standard InChI is InChI=1S/C13H18FN/c1-9-7-11(12(14)8-13(9)15)10-5-3-2-4-6-10/h7-8,10H,2-6,15H2,1H3. The van der Waals surface area contributed by atoms with Crippen LogP contribution in [0.1, 0.15) is 49.1 Å². The van der Waals surface area contributed by atoms with Gasteiger partial charge in [-0.25, -0.2) is 4.39 Å². The monoisotopic (exact) mass is 207 g/mol. The predicted octanol–water partition coefficient (Wildman–Crippen LogP) is 3.76. The molecule has 0 saturated heterocycles. The van der Waals surface area contributed by atoms with E-state index in [0.29, 0.717) is 11.6 Å². The quantitative estimate of drug-likeness (QED) is 0.697. The number of nitrogens with two attached hydrogens (primary N) is 1. The lowest BCUT2D eigenvalue weighted by molar-refractivity contribution is 0.429. The number of nitrogen functional groups attached to an aromatic ring is 1. The van der Waals surface area contributed by atoms with Crippen LogP contribution in [0.5, 0.6) is 0 Å². The van der Waals surface area contributed by atoms with Gasteiger partial charge in [0, 0.05) is 5.69 Å². The van der Waals surface area contributed by atoms with Crippen LogP contribution in [0.15, 0.2) is 12.1 Å². The fourth-order valence-corrected chi connectivity index (χ4v) is 2.45. The molecule has 0 atom stereocenters. The Balaban J connectivity index is 2.30. The predicted molar refractivity (Wildman–Crippen MR) is 61.4 cm³/mol. The molecule has 1 aromatic rings. The molecule has 0 bridgehead atoms. The van der Waals surface area contributed by atoms with Crippen LogP contribution in [-0.2, 0) is 0 Å². The summed E-state index contributed by atoms with van der Waals surface area (Å²) >= 11 is 0. The van der Waals surface area contributed by atoms with E-state index >= 15 is 0 Å². The number of anilines is 1. The number of hydrogen-bond acceptors (Lipinski definition) is 1. The Labute approximate surface area is 90.5 Å². The molecule has 0 spiro atoms. The Morgan fingerprint density at radius 3 is 2.53 bits per heavy atom. The van der Waals surface area contributed by atoms with E-state index in [1.807, 2.05) is 13.0 Å². The highest BCUT2D eigenvalue weighted by molar-refractivity contribution is 5.49. The molecular formula is C13H18FN. The highest BCUT2D eigenvalue weighted by Crippen LogP contribution is 2.35. The van der Waals surface area contributed by atoms with Gasteiger partial charge >= 0.3 is 0 Å². The summed E-state index contributed by atoms with van der Waals surface area (Å²) < 4.78 is 13.7. The lowest BCUT2D eigenvalue weighted by Crippen LogP contribution is -2.07. The van der Waals surface area contributed by atoms with Gasteiger partial charge in [0.05, 0.1) is 0 Å². The first-order valence-corrected chi connectivity index (χ1v) is 5.74. The van der Waals surface area contributed by atoms with Gasteiger partial charge in [-0.3, -0.25) is 0 Å². The maximum atomic E-state index is 13.7. The second-order valence-electron chi connectivity index (χ2n) is 4.57. The summed E-state index contributed by atoms with van der Waals surface area (Å²) in [5.41, 5.74) is 8.11. The summed E-state index contributed by atoms with van der Waals surface area (Å²) in [7, 11) is 0. The van der Waals surface area contributed by atoms with Gasteiger partial charge in [0.2, 0.25) is 0 Å². The Morgan fingerprint density at radius 1 is 1.20 bits per heavy atom. The molecule has 0 aliphatic heterocycles. The highest BCUT2D eigenvalue weighted by Gasteiger charge is 2.19. The number of hydrogen-bond donors (Lipinski definition) is 1. The van der Waals surface area contributed by atoms with Crippen molar-refractivity contribution in [2.75, 3.05) is 5.73 Å². The third kappa shape index (κ3) is 2.14. The second kappa shape index (κ2) is 4.21. The fraction of sp³-hybridized carbons (Fsp3) is 0.538. The Hall–Kier alpha value is -1.05. The minimum absolute atomic E-state index is 0.120. The molecule has 1 nitrogen and oxygen atoms in total. The molecule has 2 rings (SSSR count). The number of benzene rings is 1. The summed E-state index contributed by atoms with van der Waals surface area (Å²) in [6.45, 7) is 1.95. The van der Waals surface area contributed by atoms with Crippen molar-refractivity contribution in [2.24, 2.45) is 0 Å². The van der Waals surface area contributed by atoms with E-state index in [1.54, 1.807) is 0 Å². The van der Waals surface area contributed by atoms with Gasteiger partial charge in [-0.05, 0) is 42.9 Å². The smallest absolute Gasteiger partial charge is 0.128 e. The average molecular weight is 207 g/mol. The van der Waals surface area contributed by atoms with Crippen LogP contribution in [0.3, 0.4) is 0 Å². The molecule has 0 aromatic heterocycles. The molecule has 1 aromatic carbocycles. The lowest BCUT2D eigenvalue weighted by atomic mass is 9.83. The number of rotatable bonds is 1. The first-order valence-electron chi connectivity index (χ1n) is 5.74. The van der Waals surface area contributed by atoms with Gasteiger partial charge in [0.25, 0.3) is 0 Å². The summed E-state index contributed by atoms with van der Waals surface area (Å²) in [6, 6.07) is 3.40. The van der Waals surface area contributed by atoms with Gasteiger partial charge in [-0.15, -0.1) is 0 Å². The van der Waals surface area contributed by atoms with Crippen molar-refractivity contribution in [3.8, 4) is 0 Å². The first kappa shape index (κ1) is 10.5. The summed E-state index contributed by atoms with van der Waals surface area (Å²) in [5, 5.41) is 0. The van der Waals surface area contributed by atoms with Crippen molar-refractivity contribution in [3.05, 3.63) is 29.1 Å². The van der Waals surface area contributed by atoms with Crippen LogP contribution >= 0.6 is 0 Å². The Morgan fingerprint density at radius 2 is 1.87 bits per heavy atom.